The molecule has 0 spiro atoms. The van der Waals surface area contributed by atoms with Gasteiger partial charge in [0.05, 0.1) is 47.5 Å². The summed E-state index contributed by atoms with van der Waals surface area (Å²) in [6.07, 6.45) is 4.98. The van der Waals surface area contributed by atoms with Crippen LogP contribution in [0.3, 0.4) is 0 Å². The number of carbonyl (C=O) groups is 1. The van der Waals surface area contributed by atoms with Gasteiger partial charge in [-0.3, -0.25) is 9.36 Å². The lowest BCUT2D eigenvalue weighted by Crippen LogP contribution is -2.29. The maximum absolute atomic E-state index is 12.3. The lowest BCUT2D eigenvalue weighted by atomic mass is 10.00. The zero-order valence-corrected chi connectivity index (χ0v) is 24.9. The Kier molecular flexibility index (Phi) is 8.58. The molecule has 11 heteroatoms. The van der Waals surface area contributed by atoms with Crippen LogP contribution in [0.4, 0.5) is 23.0 Å². The molecule has 2 aromatic heterocycles. The van der Waals surface area contributed by atoms with Crippen LogP contribution in [-0.4, -0.2) is 78.3 Å². The molecule has 0 radical (unpaired) electrons. The second-order valence-electron chi connectivity index (χ2n) is 10.5. The largest absolute Gasteiger partial charge is 0.492 e. The van der Waals surface area contributed by atoms with Crippen LogP contribution in [0.2, 0.25) is 0 Å². The molecule has 11 nitrogen and oxygen atoms in total. The quantitative estimate of drug-likeness (QED) is 0.234. The van der Waals surface area contributed by atoms with Gasteiger partial charge in [-0.25, -0.2) is 9.97 Å². The number of aryl methyl sites for hydroxylation is 2. The van der Waals surface area contributed by atoms with Crippen molar-refractivity contribution >= 4 is 40.0 Å². The number of likely N-dealkylation sites (N-methyl/N-ethyl adjacent to an activating group) is 2. The van der Waals surface area contributed by atoms with Gasteiger partial charge in [0.2, 0.25) is 11.9 Å². The number of aromatic nitrogens is 4. The van der Waals surface area contributed by atoms with E-state index in [-0.39, 0.29) is 5.91 Å². The van der Waals surface area contributed by atoms with Gasteiger partial charge < -0.3 is 29.9 Å². The number of ether oxygens (including phenoxy) is 2. The van der Waals surface area contributed by atoms with E-state index in [4.69, 9.17) is 19.4 Å². The normalized spacial score (nSPS) is 12.3. The van der Waals surface area contributed by atoms with E-state index in [9.17, 15) is 4.79 Å². The van der Waals surface area contributed by atoms with E-state index in [2.05, 4.69) is 42.6 Å². The number of rotatable bonds is 12. The van der Waals surface area contributed by atoms with Crippen LogP contribution in [0.25, 0.3) is 22.3 Å². The second-order valence-corrected chi connectivity index (χ2v) is 10.5. The highest BCUT2D eigenvalue weighted by Crippen LogP contribution is 2.39. The van der Waals surface area contributed by atoms with E-state index >= 15 is 0 Å². The van der Waals surface area contributed by atoms with Crippen LogP contribution in [0.5, 0.6) is 11.8 Å². The zero-order valence-electron chi connectivity index (χ0n) is 24.9. The summed E-state index contributed by atoms with van der Waals surface area (Å²) in [6.45, 7) is 8.50. The first-order valence-electron chi connectivity index (χ1n) is 14.1. The summed E-state index contributed by atoms with van der Waals surface area (Å²) in [5.41, 5.74) is 7.05. The Balaban J connectivity index is 1.51. The topological polar surface area (TPSA) is 110 Å². The molecule has 1 aliphatic heterocycles. The molecule has 220 valence electrons. The Bertz CT molecular complexity index is 1610. The highest BCUT2D eigenvalue weighted by molar-refractivity contribution is 6.02. The predicted octanol–water partition coefficient (Wildman–Crippen LogP) is 4.71. The summed E-state index contributed by atoms with van der Waals surface area (Å²) in [5.74, 6) is 0.724. The number of hydrogen-bond acceptors (Lipinski definition) is 9. The summed E-state index contributed by atoms with van der Waals surface area (Å²) < 4.78 is 13.7. The monoisotopic (exact) mass is 570 g/mol. The van der Waals surface area contributed by atoms with Crippen molar-refractivity contribution in [2.24, 2.45) is 0 Å². The van der Waals surface area contributed by atoms with Crippen LogP contribution in [0.15, 0.2) is 49.2 Å². The van der Waals surface area contributed by atoms with Crippen molar-refractivity contribution in [3.8, 4) is 23.0 Å². The molecule has 0 unspecified atom stereocenters. The third-order valence-electron chi connectivity index (χ3n) is 7.23. The number of carbonyl (C=O) groups excluding carboxylic acids is 1. The van der Waals surface area contributed by atoms with Gasteiger partial charge in [0, 0.05) is 44.5 Å². The van der Waals surface area contributed by atoms with Gasteiger partial charge in [0.15, 0.2) is 0 Å². The van der Waals surface area contributed by atoms with Crippen LogP contribution < -0.4 is 25.0 Å². The molecule has 1 aliphatic rings. The highest BCUT2D eigenvalue weighted by Gasteiger charge is 2.21. The summed E-state index contributed by atoms with van der Waals surface area (Å²) in [5, 5.41) is 6.26. The lowest BCUT2D eigenvalue weighted by molar-refractivity contribution is -0.111. The van der Waals surface area contributed by atoms with Gasteiger partial charge in [-0.15, -0.1) is 0 Å². The Morgan fingerprint density at radius 1 is 1.14 bits per heavy atom. The SMILES string of the molecule is C=CC(=O)Nc1cc(Nc2nccc(-c3cc4c5c(c3)nc(OC)n5CCC4)n2)c(OCC)cc1N(C)CCN(C)C. The molecule has 0 bridgehead atoms. The van der Waals surface area contributed by atoms with E-state index in [0.717, 1.165) is 60.5 Å². The van der Waals surface area contributed by atoms with Crippen LogP contribution in [0, 0.1) is 0 Å². The first-order chi connectivity index (χ1) is 20.3. The minimum Gasteiger partial charge on any atom is -0.492 e. The molecule has 1 amide bonds. The molecule has 0 aliphatic carbocycles. The molecular weight excluding hydrogens is 532 g/mol. The molecule has 2 N–H and O–H groups in total. The summed E-state index contributed by atoms with van der Waals surface area (Å²) in [6, 6.07) is 10.5. The smallest absolute Gasteiger partial charge is 0.297 e. The second kappa shape index (κ2) is 12.5. The van der Waals surface area contributed by atoms with Gasteiger partial charge in [0.25, 0.3) is 6.01 Å². The fraction of sp³-hybridized carbons (Fsp3) is 0.355. The number of amides is 1. The first-order valence-corrected chi connectivity index (χ1v) is 14.1. The number of hydrogen-bond donors (Lipinski definition) is 2. The zero-order chi connectivity index (χ0) is 29.8. The van der Waals surface area contributed by atoms with Gasteiger partial charge in [-0.1, -0.05) is 6.58 Å². The number of methoxy groups -OCH3 is 1. The summed E-state index contributed by atoms with van der Waals surface area (Å²) >= 11 is 0. The number of nitrogens with one attached hydrogen (secondary N) is 2. The Hall–Kier alpha value is -4.64. The van der Waals surface area contributed by atoms with Gasteiger partial charge in [-0.2, -0.15) is 4.98 Å². The van der Waals surface area contributed by atoms with E-state index in [1.807, 2.05) is 52.3 Å². The third-order valence-corrected chi connectivity index (χ3v) is 7.23. The van der Waals surface area contributed by atoms with E-state index in [1.54, 1.807) is 13.3 Å². The fourth-order valence-electron chi connectivity index (χ4n) is 5.18. The molecule has 42 heavy (non-hydrogen) atoms. The van der Waals surface area contributed by atoms with Gasteiger partial charge in [-0.05, 0) is 69.8 Å². The van der Waals surface area contributed by atoms with E-state index in [1.165, 1.54) is 11.6 Å². The number of nitrogens with zero attached hydrogens (tertiary/aromatic N) is 6. The van der Waals surface area contributed by atoms with Crippen molar-refractivity contribution in [2.45, 2.75) is 26.3 Å². The Morgan fingerprint density at radius 2 is 1.98 bits per heavy atom. The maximum atomic E-state index is 12.3. The van der Waals surface area contributed by atoms with Crippen molar-refractivity contribution in [3.63, 3.8) is 0 Å². The lowest BCUT2D eigenvalue weighted by Gasteiger charge is -2.26. The highest BCUT2D eigenvalue weighted by atomic mass is 16.5. The molecule has 2 aromatic carbocycles. The van der Waals surface area contributed by atoms with Crippen molar-refractivity contribution < 1.29 is 14.3 Å². The Labute approximate surface area is 246 Å². The fourth-order valence-corrected chi connectivity index (χ4v) is 5.18. The van der Waals surface area contributed by atoms with Crippen molar-refractivity contribution in [1.82, 2.24) is 24.4 Å². The van der Waals surface area contributed by atoms with Crippen LogP contribution in [-0.2, 0) is 17.8 Å². The maximum Gasteiger partial charge on any atom is 0.297 e. The van der Waals surface area contributed by atoms with Crippen molar-refractivity contribution in [3.05, 3.63) is 54.7 Å². The average molecular weight is 571 g/mol. The van der Waals surface area contributed by atoms with Crippen molar-refractivity contribution in [2.75, 3.05) is 63.5 Å². The molecule has 0 fully saturated rings. The molecule has 0 saturated heterocycles. The molecule has 3 heterocycles. The number of imidazole rings is 1. The van der Waals surface area contributed by atoms with Crippen LogP contribution >= 0.6 is 0 Å². The minimum atomic E-state index is -0.302. The minimum absolute atomic E-state index is 0.302. The molecule has 0 saturated carbocycles. The Morgan fingerprint density at radius 3 is 2.71 bits per heavy atom. The van der Waals surface area contributed by atoms with E-state index in [0.29, 0.717) is 35.7 Å². The van der Waals surface area contributed by atoms with E-state index < -0.39 is 0 Å². The van der Waals surface area contributed by atoms with Gasteiger partial charge in [0.1, 0.15) is 5.75 Å². The van der Waals surface area contributed by atoms with Crippen molar-refractivity contribution in [1.29, 1.82) is 0 Å². The summed E-state index contributed by atoms with van der Waals surface area (Å²) in [4.78, 5) is 30.6. The number of anilines is 4. The molecule has 4 aromatic rings. The predicted molar refractivity (Wildman–Crippen MR) is 167 cm³/mol. The summed E-state index contributed by atoms with van der Waals surface area (Å²) in [7, 11) is 7.69. The first kappa shape index (κ1) is 28.9. The molecule has 0 atom stereocenters. The van der Waals surface area contributed by atoms with Crippen LogP contribution in [0.1, 0.15) is 18.9 Å². The standard InChI is InChI=1S/C31H38N8O3/c1-7-28(40)33-23-18-24(27(42-8-2)19-26(23)38(5)15-14-37(3)4)35-30-32-12-11-22(34-30)21-16-20-10-9-13-39-29(20)25(17-21)36-31(39)41-6/h7,11-12,16-19H,1,8-10,13-15H2,2-6H3,(H,33,40)(H,32,34,35). The molecular formula is C31H38N8O3. The van der Waals surface area contributed by atoms with Gasteiger partial charge >= 0.3 is 0 Å². The average Bonchev–Trinajstić information content (AvgIpc) is 3.36. The molecule has 5 rings (SSSR count). The third kappa shape index (κ3) is 6.01. The number of benzene rings is 2.